The van der Waals surface area contributed by atoms with Crippen LogP contribution in [-0.2, 0) is 16.6 Å². The summed E-state index contributed by atoms with van der Waals surface area (Å²) in [5, 5.41) is 11.3. The summed E-state index contributed by atoms with van der Waals surface area (Å²) >= 11 is 0. The van der Waals surface area contributed by atoms with Crippen LogP contribution >= 0.6 is 0 Å². The third-order valence-corrected chi connectivity index (χ3v) is 5.58. The zero-order valence-electron chi connectivity index (χ0n) is 14.4. The molecule has 26 heavy (non-hydrogen) atoms. The van der Waals surface area contributed by atoms with E-state index in [9.17, 15) is 13.2 Å². The lowest BCUT2D eigenvalue weighted by molar-refractivity contribution is 0.0951. The largest absolute Gasteiger partial charge is 0.348 e. The monoisotopic (exact) mass is 373 g/mol. The van der Waals surface area contributed by atoms with Crippen molar-refractivity contribution in [2.24, 2.45) is 5.14 Å². The average Bonchev–Trinajstić information content (AvgIpc) is 2.66. The Morgan fingerprint density at radius 3 is 2.38 bits per heavy atom. The molecule has 6 nitrogen and oxygen atoms in total. The summed E-state index contributed by atoms with van der Waals surface area (Å²) < 4.78 is 22.5. The van der Waals surface area contributed by atoms with E-state index in [0.717, 1.165) is 18.7 Å². The lowest BCUT2D eigenvalue weighted by atomic mass is 9.91. The molecular weight excluding hydrogens is 350 g/mol. The Morgan fingerprint density at radius 1 is 1.12 bits per heavy atom. The van der Waals surface area contributed by atoms with Gasteiger partial charge in [-0.3, -0.25) is 4.79 Å². The summed E-state index contributed by atoms with van der Waals surface area (Å²) in [5.74, 6) is 0.354. The first-order chi connectivity index (χ1) is 12.4. The van der Waals surface area contributed by atoms with E-state index in [2.05, 4.69) is 10.6 Å². The molecule has 1 aliphatic heterocycles. The fraction of sp³-hybridized carbons (Fsp3) is 0.316. The van der Waals surface area contributed by atoms with Crippen molar-refractivity contribution in [2.45, 2.75) is 30.2 Å². The number of primary sulfonamides is 1. The molecule has 0 spiro atoms. The van der Waals surface area contributed by atoms with Gasteiger partial charge >= 0.3 is 0 Å². The van der Waals surface area contributed by atoms with Crippen LogP contribution in [0.4, 0.5) is 0 Å². The number of nitrogens with two attached hydrogens (primary N) is 1. The molecule has 1 aliphatic rings. The van der Waals surface area contributed by atoms with Gasteiger partial charge in [0.05, 0.1) is 4.90 Å². The normalized spacial score (nSPS) is 17.7. The van der Waals surface area contributed by atoms with Crippen molar-refractivity contribution in [3.8, 4) is 0 Å². The molecule has 7 heteroatoms. The third kappa shape index (κ3) is 4.69. The third-order valence-electron chi connectivity index (χ3n) is 4.65. The average molecular weight is 373 g/mol. The quantitative estimate of drug-likeness (QED) is 0.743. The second kappa shape index (κ2) is 7.99. The predicted molar refractivity (Wildman–Crippen MR) is 100 cm³/mol. The molecule has 3 rings (SSSR count). The van der Waals surface area contributed by atoms with E-state index >= 15 is 0 Å². The maximum atomic E-state index is 12.3. The molecule has 1 saturated heterocycles. The lowest BCUT2D eigenvalue weighted by Crippen LogP contribution is -2.28. The van der Waals surface area contributed by atoms with Crippen molar-refractivity contribution in [2.75, 3.05) is 13.1 Å². The first-order valence-corrected chi connectivity index (χ1v) is 10.2. The van der Waals surface area contributed by atoms with E-state index < -0.39 is 10.0 Å². The maximum absolute atomic E-state index is 12.3. The minimum Gasteiger partial charge on any atom is -0.348 e. The number of hydrogen-bond donors (Lipinski definition) is 3. The molecule has 0 unspecified atom stereocenters. The fourth-order valence-electron chi connectivity index (χ4n) is 3.12. The molecule has 1 heterocycles. The summed E-state index contributed by atoms with van der Waals surface area (Å²) in [5.41, 5.74) is 2.67. The second-order valence-corrected chi connectivity index (χ2v) is 8.10. The topological polar surface area (TPSA) is 101 Å². The summed E-state index contributed by atoms with van der Waals surface area (Å²) in [6.07, 6.45) is 2.35. The Balaban J connectivity index is 1.57. The number of sulfonamides is 1. The highest BCUT2D eigenvalue weighted by Crippen LogP contribution is 2.23. The highest BCUT2D eigenvalue weighted by atomic mass is 32.2. The minimum atomic E-state index is -3.70. The number of piperidine rings is 1. The molecule has 0 radical (unpaired) electrons. The van der Waals surface area contributed by atoms with Gasteiger partial charge in [0, 0.05) is 18.7 Å². The Hall–Kier alpha value is -2.22. The van der Waals surface area contributed by atoms with Gasteiger partial charge in [0.15, 0.2) is 0 Å². The van der Waals surface area contributed by atoms with Crippen LogP contribution in [0.1, 0.15) is 40.2 Å². The number of rotatable bonds is 5. The van der Waals surface area contributed by atoms with E-state index in [1.54, 1.807) is 12.1 Å². The number of hydrogen-bond acceptors (Lipinski definition) is 4. The molecule has 2 aromatic carbocycles. The van der Waals surface area contributed by atoms with Gasteiger partial charge in [-0.05, 0) is 60.7 Å². The van der Waals surface area contributed by atoms with Crippen LogP contribution in [0.25, 0.3) is 0 Å². The first-order valence-electron chi connectivity index (χ1n) is 8.64. The number of carbonyl (C=O) groups is 1. The zero-order chi connectivity index (χ0) is 18.6. The number of carbonyl (C=O) groups excluding carboxylic acids is 1. The molecule has 0 aromatic heterocycles. The van der Waals surface area contributed by atoms with Crippen LogP contribution in [0.15, 0.2) is 53.4 Å². The molecule has 1 fully saturated rings. The van der Waals surface area contributed by atoms with Crippen molar-refractivity contribution in [3.63, 3.8) is 0 Å². The SMILES string of the molecule is NS(=O)(=O)c1ccc(CNC(=O)c2ccc([C@@H]3CCCNC3)cc2)cc1. The standard InChI is InChI=1S/C19H23N3O3S/c20-26(24,25)18-9-3-14(4-10-18)12-22-19(23)16-7-5-15(6-8-16)17-2-1-11-21-13-17/h3-10,17,21H,1-2,11-13H2,(H,22,23)(H2,20,24,25)/t17-/m1/s1. The Kier molecular flexibility index (Phi) is 5.70. The van der Waals surface area contributed by atoms with Gasteiger partial charge in [-0.1, -0.05) is 24.3 Å². The smallest absolute Gasteiger partial charge is 0.251 e. The number of nitrogens with one attached hydrogen (secondary N) is 2. The van der Waals surface area contributed by atoms with Crippen molar-refractivity contribution < 1.29 is 13.2 Å². The summed E-state index contributed by atoms with van der Waals surface area (Å²) in [7, 11) is -3.70. The van der Waals surface area contributed by atoms with Crippen molar-refractivity contribution in [3.05, 3.63) is 65.2 Å². The fourth-order valence-corrected chi connectivity index (χ4v) is 3.64. The highest BCUT2D eigenvalue weighted by molar-refractivity contribution is 7.89. The highest BCUT2D eigenvalue weighted by Gasteiger charge is 2.15. The van der Waals surface area contributed by atoms with Crippen LogP contribution in [0.5, 0.6) is 0 Å². The van der Waals surface area contributed by atoms with E-state index in [0.29, 0.717) is 18.0 Å². The zero-order valence-corrected chi connectivity index (χ0v) is 15.3. The van der Waals surface area contributed by atoms with Crippen LogP contribution in [0.3, 0.4) is 0 Å². The van der Waals surface area contributed by atoms with E-state index in [4.69, 9.17) is 5.14 Å². The van der Waals surface area contributed by atoms with Crippen molar-refractivity contribution in [1.82, 2.24) is 10.6 Å². The molecule has 2 aromatic rings. The summed E-state index contributed by atoms with van der Waals surface area (Å²) in [6.45, 7) is 2.38. The number of benzene rings is 2. The predicted octanol–water partition coefficient (Wildman–Crippen LogP) is 1.73. The Morgan fingerprint density at radius 2 is 1.81 bits per heavy atom. The van der Waals surface area contributed by atoms with E-state index in [1.807, 2.05) is 24.3 Å². The molecule has 0 saturated carbocycles. The molecule has 1 atom stereocenters. The van der Waals surface area contributed by atoms with Gasteiger partial charge in [-0.2, -0.15) is 0 Å². The van der Waals surface area contributed by atoms with E-state index in [1.165, 1.54) is 30.5 Å². The summed E-state index contributed by atoms with van der Waals surface area (Å²) in [4.78, 5) is 12.3. The minimum absolute atomic E-state index is 0.0559. The molecule has 0 bridgehead atoms. The molecule has 4 N–H and O–H groups in total. The van der Waals surface area contributed by atoms with Crippen LogP contribution in [-0.4, -0.2) is 27.4 Å². The maximum Gasteiger partial charge on any atom is 0.251 e. The van der Waals surface area contributed by atoms with Gasteiger partial charge in [0.2, 0.25) is 10.0 Å². The van der Waals surface area contributed by atoms with Gasteiger partial charge < -0.3 is 10.6 Å². The van der Waals surface area contributed by atoms with Crippen LogP contribution in [0.2, 0.25) is 0 Å². The Bertz CT molecular complexity index is 856. The van der Waals surface area contributed by atoms with Gasteiger partial charge in [-0.15, -0.1) is 0 Å². The van der Waals surface area contributed by atoms with Gasteiger partial charge in [0.1, 0.15) is 0 Å². The molecule has 138 valence electrons. The first kappa shape index (κ1) is 18.6. The molecular formula is C19H23N3O3S. The van der Waals surface area contributed by atoms with Crippen LogP contribution in [0, 0.1) is 0 Å². The number of amides is 1. The van der Waals surface area contributed by atoms with Gasteiger partial charge in [0.25, 0.3) is 5.91 Å². The van der Waals surface area contributed by atoms with E-state index in [-0.39, 0.29) is 10.8 Å². The van der Waals surface area contributed by atoms with Crippen molar-refractivity contribution >= 4 is 15.9 Å². The lowest BCUT2D eigenvalue weighted by Gasteiger charge is -2.23. The van der Waals surface area contributed by atoms with Crippen molar-refractivity contribution in [1.29, 1.82) is 0 Å². The van der Waals surface area contributed by atoms with Crippen LogP contribution < -0.4 is 15.8 Å². The molecule has 1 amide bonds. The van der Waals surface area contributed by atoms with Gasteiger partial charge in [-0.25, -0.2) is 13.6 Å². The molecule has 0 aliphatic carbocycles. The Labute approximate surface area is 153 Å². The summed E-state index contributed by atoms with van der Waals surface area (Å²) in [6, 6.07) is 13.9. The second-order valence-electron chi connectivity index (χ2n) is 6.54.